The van der Waals surface area contributed by atoms with Crippen molar-refractivity contribution in [3.63, 3.8) is 0 Å². The van der Waals surface area contributed by atoms with Gasteiger partial charge < -0.3 is 5.11 Å². The lowest BCUT2D eigenvalue weighted by molar-refractivity contribution is -0.141. The number of aryl methyl sites for hydroxylation is 1. The number of carbonyl (C=O) groups is 1. The highest BCUT2D eigenvalue weighted by Crippen LogP contribution is 2.20. The van der Waals surface area contributed by atoms with Gasteiger partial charge in [-0.15, -0.1) is 11.3 Å². The van der Waals surface area contributed by atoms with E-state index < -0.39 is 11.9 Å². The van der Waals surface area contributed by atoms with Crippen molar-refractivity contribution in [3.05, 3.63) is 50.9 Å². The van der Waals surface area contributed by atoms with Gasteiger partial charge in [0.05, 0.1) is 10.9 Å². The Morgan fingerprint density at radius 3 is 2.58 bits per heavy atom. The van der Waals surface area contributed by atoms with Gasteiger partial charge in [-0.1, -0.05) is 23.7 Å². The van der Waals surface area contributed by atoms with Gasteiger partial charge in [0.15, 0.2) is 0 Å². The normalized spacial score (nSPS) is 12.3. The number of thiazole rings is 1. The molecular formula is C14H14ClNO2S. The molecule has 100 valence electrons. The topological polar surface area (TPSA) is 50.2 Å². The number of aliphatic carboxylic acids is 1. The number of hydrogen-bond acceptors (Lipinski definition) is 3. The fraction of sp³-hybridized carbons (Fsp3) is 0.286. The third-order valence-electron chi connectivity index (χ3n) is 2.86. The zero-order valence-corrected chi connectivity index (χ0v) is 12.0. The highest BCUT2D eigenvalue weighted by Gasteiger charge is 2.19. The van der Waals surface area contributed by atoms with Crippen molar-refractivity contribution in [2.75, 3.05) is 0 Å². The Balaban J connectivity index is 2.08. The summed E-state index contributed by atoms with van der Waals surface area (Å²) >= 11 is 7.37. The second-order valence-corrected chi connectivity index (χ2v) is 6.17. The maximum Gasteiger partial charge on any atom is 0.307 e. The van der Waals surface area contributed by atoms with E-state index in [0.717, 1.165) is 15.4 Å². The lowest BCUT2D eigenvalue weighted by Gasteiger charge is -2.11. The summed E-state index contributed by atoms with van der Waals surface area (Å²) in [6.07, 6.45) is 2.78. The molecule has 0 saturated heterocycles. The summed E-state index contributed by atoms with van der Waals surface area (Å²) in [5.41, 5.74) is 0.984. The van der Waals surface area contributed by atoms with Crippen LogP contribution in [-0.4, -0.2) is 16.1 Å². The molecule has 0 aliphatic heterocycles. The van der Waals surface area contributed by atoms with Gasteiger partial charge in [-0.25, -0.2) is 4.98 Å². The second kappa shape index (κ2) is 6.17. The molecule has 19 heavy (non-hydrogen) atoms. The van der Waals surface area contributed by atoms with Crippen LogP contribution in [0.2, 0.25) is 5.02 Å². The maximum atomic E-state index is 11.3. The van der Waals surface area contributed by atoms with Crippen LogP contribution >= 0.6 is 22.9 Å². The van der Waals surface area contributed by atoms with Crippen molar-refractivity contribution in [2.24, 2.45) is 5.92 Å². The van der Waals surface area contributed by atoms with Crippen LogP contribution in [0.15, 0.2) is 30.5 Å². The van der Waals surface area contributed by atoms with Gasteiger partial charge in [0.2, 0.25) is 0 Å². The highest BCUT2D eigenvalue weighted by molar-refractivity contribution is 7.11. The summed E-state index contributed by atoms with van der Waals surface area (Å²) in [5.74, 6) is -1.21. The van der Waals surface area contributed by atoms with Crippen molar-refractivity contribution in [1.82, 2.24) is 4.98 Å². The second-order valence-electron chi connectivity index (χ2n) is 4.42. The van der Waals surface area contributed by atoms with Crippen LogP contribution in [0.4, 0.5) is 0 Å². The fourth-order valence-electron chi connectivity index (χ4n) is 1.89. The van der Waals surface area contributed by atoms with E-state index in [4.69, 9.17) is 11.6 Å². The molecular weight excluding hydrogens is 282 g/mol. The Morgan fingerprint density at radius 1 is 1.37 bits per heavy atom. The number of halogens is 1. The SMILES string of the molecule is Cc1ncc(CC(Cc2ccc(Cl)cc2)C(=O)O)s1. The lowest BCUT2D eigenvalue weighted by atomic mass is 9.96. The molecule has 0 fully saturated rings. The molecule has 0 aliphatic carbocycles. The van der Waals surface area contributed by atoms with Crippen LogP contribution in [0.5, 0.6) is 0 Å². The zero-order valence-electron chi connectivity index (χ0n) is 10.5. The van der Waals surface area contributed by atoms with Crippen LogP contribution in [0.1, 0.15) is 15.4 Å². The number of carboxylic acid groups (broad SMARTS) is 1. The van der Waals surface area contributed by atoms with E-state index in [1.807, 2.05) is 19.1 Å². The Kier molecular flexibility index (Phi) is 4.56. The molecule has 0 radical (unpaired) electrons. The monoisotopic (exact) mass is 295 g/mol. The number of carboxylic acids is 1. The Labute approximate surface area is 120 Å². The summed E-state index contributed by atoms with van der Waals surface area (Å²) in [7, 11) is 0. The van der Waals surface area contributed by atoms with Gasteiger partial charge in [-0.3, -0.25) is 4.79 Å². The zero-order chi connectivity index (χ0) is 13.8. The van der Waals surface area contributed by atoms with E-state index in [0.29, 0.717) is 17.9 Å². The van der Waals surface area contributed by atoms with Crippen molar-refractivity contribution in [1.29, 1.82) is 0 Å². The molecule has 1 heterocycles. The first-order chi connectivity index (χ1) is 9.04. The van der Waals surface area contributed by atoms with Gasteiger partial charge in [-0.2, -0.15) is 0 Å². The van der Waals surface area contributed by atoms with Crippen LogP contribution < -0.4 is 0 Å². The fourth-order valence-corrected chi connectivity index (χ4v) is 2.90. The highest BCUT2D eigenvalue weighted by atomic mass is 35.5. The van der Waals surface area contributed by atoms with Crippen molar-refractivity contribution >= 4 is 28.9 Å². The molecule has 0 saturated carbocycles. The molecule has 0 spiro atoms. The van der Waals surface area contributed by atoms with Crippen molar-refractivity contribution < 1.29 is 9.90 Å². The van der Waals surface area contributed by atoms with Gasteiger partial charge >= 0.3 is 5.97 Å². The first kappa shape index (κ1) is 14.0. The predicted octanol–water partition coefficient (Wildman–Crippen LogP) is 3.59. The third kappa shape index (κ3) is 4.04. The van der Waals surface area contributed by atoms with E-state index in [2.05, 4.69) is 4.98 Å². The average Bonchev–Trinajstić information content (AvgIpc) is 2.76. The summed E-state index contributed by atoms with van der Waals surface area (Å²) in [6.45, 7) is 1.92. The molecule has 1 N–H and O–H groups in total. The Morgan fingerprint density at radius 2 is 2.05 bits per heavy atom. The molecule has 0 amide bonds. The number of aromatic nitrogens is 1. The molecule has 0 bridgehead atoms. The van der Waals surface area contributed by atoms with E-state index in [9.17, 15) is 9.90 Å². The number of nitrogens with zero attached hydrogens (tertiary/aromatic N) is 1. The standard InChI is InChI=1S/C14H14ClNO2S/c1-9-16-8-13(19-9)7-11(14(17)18)6-10-2-4-12(15)5-3-10/h2-5,8,11H,6-7H2,1H3,(H,17,18). The first-order valence-corrected chi connectivity index (χ1v) is 7.12. The van der Waals surface area contributed by atoms with Crippen molar-refractivity contribution in [2.45, 2.75) is 19.8 Å². The smallest absolute Gasteiger partial charge is 0.307 e. The Hall–Kier alpha value is -1.39. The van der Waals surface area contributed by atoms with E-state index in [-0.39, 0.29) is 0 Å². The van der Waals surface area contributed by atoms with Crippen LogP contribution in [-0.2, 0) is 17.6 Å². The van der Waals surface area contributed by atoms with Crippen LogP contribution in [0.3, 0.4) is 0 Å². The van der Waals surface area contributed by atoms with Crippen molar-refractivity contribution in [3.8, 4) is 0 Å². The first-order valence-electron chi connectivity index (χ1n) is 5.93. The van der Waals surface area contributed by atoms with Crippen LogP contribution in [0.25, 0.3) is 0 Å². The average molecular weight is 296 g/mol. The molecule has 1 unspecified atom stereocenters. The minimum absolute atomic E-state index is 0.430. The molecule has 3 nitrogen and oxygen atoms in total. The number of benzene rings is 1. The number of rotatable bonds is 5. The van der Waals surface area contributed by atoms with E-state index in [1.54, 1.807) is 29.7 Å². The molecule has 2 rings (SSSR count). The maximum absolute atomic E-state index is 11.3. The molecule has 1 aromatic carbocycles. The molecule has 0 aliphatic rings. The van der Waals surface area contributed by atoms with Crippen LogP contribution in [0, 0.1) is 12.8 Å². The quantitative estimate of drug-likeness (QED) is 0.917. The van der Waals surface area contributed by atoms with E-state index in [1.165, 1.54) is 0 Å². The Bertz CT molecular complexity index is 565. The van der Waals surface area contributed by atoms with Gasteiger partial charge in [0.1, 0.15) is 0 Å². The molecule has 1 aromatic heterocycles. The third-order valence-corrected chi connectivity index (χ3v) is 4.05. The molecule has 2 aromatic rings. The summed E-state index contributed by atoms with van der Waals surface area (Å²) in [4.78, 5) is 16.5. The summed E-state index contributed by atoms with van der Waals surface area (Å²) < 4.78 is 0. The summed E-state index contributed by atoms with van der Waals surface area (Å²) in [6, 6.07) is 7.31. The largest absolute Gasteiger partial charge is 0.481 e. The van der Waals surface area contributed by atoms with Gasteiger partial charge in [-0.05, 0) is 37.5 Å². The molecule has 5 heteroatoms. The minimum Gasteiger partial charge on any atom is -0.481 e. The number of hydrogen-bond donors (Lipinski definition) is 1. The summed E-state index contributed by atoms with van der Waals surface area (Å²) in [5, 5.41) is 10.9. The van der Waals surface area contributed by atoms with Gasteiger partial charge in [0.25, 0.3) is 0 Å². The van der Waals surface area contributed by atoms with E-state index >= 15 is 0 Å². The minimum atomic E-state index is -0.777. The predicted molar refractivity (Wildman–Crippen MR) is 76.8 cm³/mol. The van der Waals surface area contributed by atoms with Gasteiger partial charge in [0, 0.05) is 16.1 Å². The lowest BCUT2D eigenvalue weighted by Crippen LogP contribution is -2.18. The molecule has 1 atom stereocenters.